The Morgan fingerprint density at radius 2 is 1.42 bits per heavy atom. The van der Waals surface area contributed by atoms with Gasteiger partial charge in [0.2, 0.25) is 0 Å². The lowest BCUT2D eigenvalue weighted by Crippen LogP contribution is -2.60. The summed E-state index contributed by atoms with van der Waals surface area (Å²) >= 11 is 0. The minimum absolute atomic E-state index is 0.123. The van der Waals surface area contributed by atoms with E-state index in [4.69, 9.17) is 4.74 Å². The van der Waals surface area contributed by atoms with Gasteiger partial charge in [-0.15, -0.1) is 0 Å². The zero-order valence-electron chi connectivity index (χ0n) is 20.9. The van der Waals surface area contributed by atoms with Gasteiger partial charge in [-0.1, -0.05) is 72.8 Å². The summed E-state index contributed by atoms with van der Waals surface area (Å²) in [6.07, 6.45) is 1.72. The van der Waals surface area contributed by atoms with Crippen molar-refractivity contribution in [2.75, 3.05) is 13.7 Å². The van der Waals surface area contributed by atoms with E-state index in [9.17, 15) is 14.4 Å². The molecule has 3 atom stereocenters. The van der Waals surface area contributed by atoms with E-state index in [0.717, 1.165) is 34.7 Å². The molecule has 0 radical (unpaired) electrons. The molecule has 0 N–H and O–H groups in total. The standard InChI is InChI=1S/C33H25NO4/c1-38-21-16-14-20(15-17-21)28-26-13-6-18-34(26)33(32(28)29(35)22-9-2-3-10-23(22)30(32)36)25-12-5-8-19-7-4-11-24(27(19)25)31(33)37/h2-5,7-12,14-17,26,28H,6,13,18H2,1H3/t26-,28-,33?/m1/s1. The van der Waals surface area contributed by atoms with E-state index in [2.05, 4.69) is 4.90 Å². The summed E-state index contributed by atoms with van der Waals surface area (Å²) in [7, 11) is 1.62. The van der Waals surface area contributed by atoms with Crippen molar-refractivity contribution in [2.24, 2.45) is 5.41 Å². The molecule has 8 rings (SSSR count). The summed E-state index contributed by atoms with van der Waals surface area (Å²) in [5.74, 6) is -0.350. The van der Waals surface area contributed by atoms with Crippen LogP contribution in [0.4, 0.5) is 0 Å². The van der Waals surface area contributed by atoms with Crippen LogP contribution in [0, 0.1) is 5.41 Å². The maximum atomic E-state index is 15.0. The lowest BCUT2D eigenvalue weighted by Gasteiger charge is -2.44. The molecule has 0 amide bonds. The first kappa shape index (κ1) is 21.9. The zero-order chi connectivity index (χ0) is 25.8. The minimum Gasteiger partial charge on any atom is -0.497 e. The summed E-state index contributed by atoms with van der Waals surface area (Å²) in [5.41, 5.74) is 0.156. The number of rotatable bonds is 2. The fraction of sp³-hybridized carbons (Fsp3) is 0.242. The summed E-state index contributed by atoms with van der Waals surface area (Å²) in [6, 6.07) is 26.4. The molecule has 5 heteroatoms. The van der Waals surface area contributed by atoms with Crippen molar-refractivity contribution in [1.29, 1.82) is 0 Å². The number of Topliss-reactive ketones (excluding diaryl/α,β-unsaturated/α-hetero) is 3. The van der Waals surface area contributed by atoms with Crippen LogP contribution in [0.2, 0.25) is 0 Å². The third-order valence-electron chi connectivity index (χ3n) is 9.63. The van der Waals surface area contributed by atoms with E-state index in [1.807, 2.05) is 60.7 Å². The molecular formula is C33H25NO4. The molecule has 186 valence electrons. The molecule has 2 aliphatic heterocycles. The number of nitrogens with zero attached hydrogens (tertiary/aromatic N) is 1. The largest absolute Gasteiger partial charge is 0.497 e. The topological polar surface area (TPSA) is 63.7 Å². The Balaban J connectivity index is 1.52. The second kappa shape index (κ2) is 7.27. The van der Waals surface area contributed by atoms with Crippen molar-refractivity contribution in [3.8, 4) is 5.75 Å². The number of hydrogen-bond donors (Lipinski definition) is 0. The normalized spacial score (nSPS) is 26.6. The van der Waals surface area contributed by atoms with Gasteiger partial charge in [-0.2, -0.15) is 0 Å². The average Bonchev–Trinajstić information content (AvgIpc) is 3.66. The van der Waals surface area contributed by atoms with Crippen LogP contribution in [-0.2, 0) is 5.54 Å². The molecule has 38 heavy (non-hydrogen) atoms. The number of fused-ring (bicyclic) bond motifs is 5. The maximum Gasteiger partial charge on any atom is 0.189 e. The lowest BCUT2D eigenvalue weighted by molar-refractivity contribution is 0.0278. The van der Waals surface area contributed by atoms with Gasteiger partial charge in [0.25, 0.3) is 0 Å². The molecule has 2 saturated heterocycles. The van der Waals surface area contributed by atoms with Gasteiger partial charge >= 0.3 is 0 Å². The SMILES string of the molecule is COc1ccc([C@@H]2[C@H]3CCCN3C3(C(=O)c4cccc5cccc3c45)C23C(=O)c2ccccc2C3=O)cc1. The van der Waals surface area contributed by atoms with Gasteiger partial charge in [-0.25, -0.2) is 0 Å². The average molecular weight is 500 g/mol. The molecule has 5 nitrogen and oxygen atoms in total. The first-order chi connectivity index (χ1) is 18.6. The van der Waals surface area contributed by atoms with Gasteiger partial charge in [-0.05, 0) is 53.4 Å². The Morgan fingerprint density at radius 1 is 0.763 bits per heavy atom. The molecular weight excluding hydrogens is 474 g/mol. The number of benzene rings is 4. The number of ether oxygens (including phenoxy) is 1. The van der Waals surface area contributed by atoms with Crippen molar-refractivity contribution in [3.05, 3.63) is 113 Å². The molecule has 2 heterocycles. The summed E-state index contributed by atoms with van der Waals surface area (Å²) < 4.78 is 5.42. The number of carbonyl (C=O) groups is 3. The molecule has 4 aliphatic rings. The van der Waals surface area contributed by atoms with E-state index < -0.39 is 16.9 Å². The Morgan fingerprint density at radius 3 is 2.11 bits per heavy atom. The fourth-order valence-corrected chi connectivity index (χ4v) is 8.42. The predicted octanol–water partition coefficient (Wildman–Crippen LogP) is 5.57. The molecule has 2 fully saturated rings. The van der Waals surface area contributed by atoms with Crippen LogP contribution in [0.15, 0.2) is 84.9 Å². The van der Waals surface area contributed by atoms with Gasteiger partial charge in [-0.3, -0.25) is 19.3 Å². The highest BCUT2D eigenvalue weighted by atomic mass is 16.5. The van der Waals surface area contributed by atoms with E-state index in [1.54, 1.807) is 31.4 Å². The van der Waals surface area contributed by atoms with Crippen LogP contribution < -0.4 is 4.74 Å². The number of methoxy groups -OCH3 is 1. The Labute approximate surface area is 220 Å². The minimum atomic E-state index is -1.60. The Kier molecular flexibility index (Phi) is 4.20. The number of carbonyl (C=O) groups excluding carboxylic acids is 3. The lowest BCUT2D eigenvalue weighted by atomic mass is 9.56. The van der Waals surface area contributed by atoms with Crippen molar-refractivity contribution in [2.45, 2.75) is 30.3 Å². The van der Waals surface area contributed by atoms with Crippen LogP contribution in [0.3, 0.4) is 0 Å². The Bertz CT molecular complexity index is 1680. The van der Waals surface area contributed by atoms with Crippen LogP contribution in [0.5, 0.6) is 5.75 Å². The van der Waals surface area contributed by atoms with Crippen LogP contribution in [0.1, 0.15) is 61.0 Å². The van der Waals surface area contributed by atoms with Crippen LogP contribution in [0.25, 0.3) is 10.8 Å². The monoisotopic (exact) mass is 499 g/mol. The second-order valence-electron chi connectivity index (χ2n) is 10.9. The van der Waals surface area contributed by atoms with Crippen molar-refractivity contribution in [3.63, 3.8) is 0 Å². The van der Waals surface area contributed by atoms with E-state index in [0.29, 0.717) is 29.0 Å². The van der Waals surface area contributed by atoms with E-state index >= 15 is 0 Å². The van der Waals surface area contributed by atoms with E-state index in [1.165, 1.54) is 0 Å². The van der Waals surface area contributed by atoms with Crippen LogP contribution >= 0.6 is 0 Å². The van der Waals surface area contributed by atoms with E-state index in [-0.39, 0.29) is 23.4 Å². The highest BCUT2D eigenvalue weighted by Gasteiger charge is 2.81. The Hall–Kier alpha value is -4.09. The van der Waals surface area contributed by atoms with Gasteiger partial charge in [0, 0.05) is 28.7 Å². The van der Waals surface area contributed by atoms with Gasteiger partial charge < -0.3 is 4.74 Å². The first-order valence-corrected chi connectivity index (χ1v) is 13.2. The van der Waals surface area contributed by atoms with Crippen molar-refractivity contribution >= 4 is 28.1 Å². The fourth-order valence-electron chi connectivity index (χ4n) is 8.42. The molecule has 0 aromatic heterocycles. The molecule has 4 aromatic carbocycles. The highest BCUT2D eigenvalue weighted by molar-refractivity contribution is 6.36. The molecule has 2 spiro atoms. The third-order valence-corrected chi connectivity index (χ3v) is 9.63. The zero-order valence-corrected chi connectivity index (χ0v) is 20.9. The molecule has 4 aromatic rings. The van der Waals surface area contributed by atoms with Gasteiger partial charge in [0.1, 0.15) is 16.7 Å². The smallest absolute Gasteiger partial charge is 0.189 e. The summed E-state index contributed by atoms with van der Waals surface area (Å²) in [5, 5.41) is 1.83. The quantitative estimate of drug-likeness (QED) is 0.338. The van der Waals surface area contributed by atoms with Crippen molar-refractivity contribution < 1.29 is 19.1 Å². The van der Waals surface area contributed by atoms with Crippen molar-refractivity contribution in [1.82, 2.24) is 4.90 Å². The third kappa shape index (κ3) is 2.19. The summed E-state index contributed by atoms with van der Waals surface area (Å²) in [4.78, 5) is 47.0. The number of hydrogen-bond acceptors (Lipinski definition) is 5. The summed E-state index contributed by atoms with van der Waals surface area (Å²) in [6.45, 7) is 0.659. The second-order valence-corrected chi connectivity index (χ2v) is 10.9. The van der Waals surface area contributed by atoms with Crippen LogP contribution in [-0.4, -0.2) is 41.9 Å². The predicted molar refractivity (Wildman–Crippen MR) is 143 cm³/mol. The first-order valence-electron chi connectivity index (χ1n) is 13.2. The highest BCUT2D eigenvalue weighted by Crippen LogP contribution is 2.71. The molecule has 0 bridgehead atoms. The number of ketones is 3. The molecule has 0 saturated carbocycles. The van der Waals surface area contributed by atoms with Gasteiger partial charge in [0.05, 0.1) is 7.11 Å². The van der Waals surface area contributed by atoms with Gasteiger partial charge in [0.15, 0.2) is 17.3 Å². The molecule has 2 aliphatic carbocycles. The molecule has 1 unspecified atom stereocenters. The maximum absolute atomic E-state index is 15.0.